The van der Waals surface area contributed by atoms with Crippen molar-refractivity contribution in [2.75, 3.05) is 0 Å². The van der Waals surface area contributed by atoms with Crippen LogP contribution in [0.3, 0.4) is 0 Å². The van der Waals surface area contributed by atoms with Crippen LogP contribution in [0.2, 0.25) is 0 Å². The summed E-state index contributed by atoms with van der Waals surface area (Å²) in [7, 11) is 0. The van der Waals surface area contributed by atoms with Gasteiger partial charge in [0.15, 0.2) is 0 Å². The molecular formula is C31H48O2. The fourth-order valence-corrected chi connectivity index (χ4v) is 10.7. The molecule has 5 aliphatic rings. The van der Waals surface area contributed by atoms with Crippen molar-refractivity contribution in [3.63, 3.8) is 0 Å². The third-order valence-electron chi connectivity index (χ3n) is 13.1. The van der Waals surface area contributed by atoms with Crippen LogP contribution in [0.15, 0.2) is 11.6 Å². The Morgan fingerprint density at radius 2 is 1.55 bits per heavy atom. The van der Waals surface area contributed by atoms with Crippen LogP contribution in [0.25, 0.3) is 0 Å². The average molecular weight is 453 g/mol. The second-order valence-electron chi connectivity index (χ2n) is 15.1. The Labute approximate surface area is 202 Å². The number of hydrogen-bond acceptors (Lipinski definition) is 2. The van der Waals surface area contributed by atoms with Crippen molar-refractivity contribution < 1.29 is 9.59 Å². The van der Waals surface area contributed by atoms with Gasteiger partial charge in [-0.2, -0.15) is 0 Å². The van der Waals surface area contributed by atoms with E-state index in [0.29, 0.717) is 34.7 Å². The molecule has 5 aliphatic carbocycles. The molecule has 2 heteroatoms. The molecule has 0 unspecified atom stereocenters. The van der Waals surface area contributed by atoms with Crippen LogP contribution in [0.4, 0.5) is 0 Å². The van der Waals surface area contributed by atoms with E-state index in [4.69, 9.17) is 0 Å². The summed E-state index contributed by atoms with van der Waals surface area (Å²) >= 11 is 0. The smallest absolute Gasteiger partial charge is 0.138 e. The minimum absolute atomic E-state index is 0.121. The van der Waals surface area contributed by atoms with Crippen LogP contribution in [-0.2, 0) is 9.59 Å². The zero-order chi connectivity index (χ0) is 24.2. The van der Waals surface area contributed by atoms with Gasteiger partial charge in [-0.1, -0.05) is 60.1 Å². The first-order valence-electron chi connectivity index (χ1n) is 13.9. The first-order chi connectivity index (χ1) is 15.1. The van der Waals surface area contributed by atoms with Gasteiger partial charge < -0.3 is 0 Å². The molecule has 0 aromatic heterocycles. The molecule has 4 fully saturated rings. The first-order valence-corrected chi connectivity index (χ1v) is 13.9. The van der Waals surface area contributed by atoms with E-state index in [1.54, 1.807) is 5.57 Å². The number of carbonyl (C=O) groups is 2. The van der Waals surface area contributed by atoms with Gasteiger partial charge in [-0.05, 0) is 104 Å². The van der Waals surface area contributed by atoms with Crippen LogP contribution < -0.4 is 0 Å². The number of carbonyl (C=O) groups excluding carboxylic acids is 2. The Balaban J connectivity index is 1.60. The maximum atomic E-state index is 13.2. The summed E-state index contributed by atoms with van der Waals surface area (Å²) in [5.74, 6) is 2.48. The fraction of sp³-hybridized carbons (Fsp3) is 0.871. The molecule has 0 aromatic rings. The van der Waals surface area contributed by atoms with Gasteiger partial charge in [0, 0.05) is 17.3 Å². The van der Waals surface area contributed by atoms with Crippen LogP contribution >= 0.6 is 0 Å². The van der Waals surface area contributed by atoms with E-state index in [-0.39, 0.29) is 27.1 Å². The summed E-state index contributed by atoms with van der Waals surface area (Å²) in [5, 5.41) is 0. The molecule has 0 radical (unpaired) electrons. The monoisotopic (exact) mass is 452 g/mol. The van der Waals surface area contributed by atoms with Crippen molar-refractivity contribution in [3.8, 4) is 0 Å². The topological polar surface area (TPSA) is 34.1 Å². The molecule has 4 saturated carbocycles. The van der Waals surface area contributed by atoms with E-state index in [9.17, 15) is 9.59 Å². The molecule has 33 heavy (non-hydrogen) atoms. The van der Waals surface area contributed by atoms with Gasteiger partial charge in [0.25, 0.3) is 0 Å². The predicted molar refractivity (Wildman–Crippen MR) is 135 cm³/mol. The number of rotatable bonds is 1. The van der Waals surface area contributed by atoms with Gasteiger partial charge in [0.2, 0.25) is 0 Å². The first kappa shape index (κ1) is 23.8. The van der Waals surface area contributed by atoms with Gasteiger partial charge >= 0.3 is 0 Å². The molecule has 0 bridgehead atoms. The highest BCUT2D eigenvalue weighted by molar-refractivity contribution is 5.85. The lowest BCUT2D eigenvalue weighted by molar-refractivity contribution is -0.185. The van der Waals surface area contributed by atoms with Crippen molar-refractivity contribution >= 4 is 11.6 Å². The van der Waals surface area contributed by atoms with Gasteiger partial charge in [0.1, 0.15) is 11.6 Å². The summed E-state index contributed by atoms with van der Waals surface area (Å²) < 4.78 is 0. The minimum atomic E-state index is -0.191. The molecule has 2 nitrogen and oxygen atoms in total. The highest BCUT2D eigenvalue weighted by Crippen LogP contribution is 2.75. The van der Waals surface area contributed by atoms with Crippen molar-refractivity contribution in [2.24, 2.45) is 50.2 Å². The summed E-state index contributed by atoms with van der Waals surface area (Å²) in [6.07, 6.45) is 13.7. The Morgan fingerprint density at radius 3 is 2.21 bits per heavy atom. The minimum Gasteiger partial charge on any atom is -0.299 e. The molecule has 5 rings (SSSR count). The van der Waals surface area contributed by atoms with Crippen molar-refractivity contribution in [3.05, 3.63) is 11.6 Å². The van der Waals surface area contributed by atoms with E-state index in [0.717, 1.165) is 44.9 Å². The molecule has 0 aromatic carbocycles. The van der Waals surface area contributed by atoms with Gasteiger partial charge in [-0.3, -0.25) is 9.59 Å². The lowest BCUT2D eigenvalue weighted by Gasteiger charge is -2.70. The van der Waals surface area contributed by atoms with Gasteiger partial charge in [-0.25, -0.2) is 0 Å². The predicted octanol–water partition coefficient (Wildman–Crippen LogP) is 7.95. The molecule has 184 valence electrons. The van der Waals surface area contributed by atoms with Crippen LogP contribution in [0, 0.1) is 50.2 Å². The Kier molecular flexibility index (Phi) is 4.94. The summed E-state index contributed by atoms with van der Waals surface area (Å²) in [6, 6.07) is 0. The SMILES string of the molecule is CC(=O)[C@]12CCC(C)(C)C[C@H]1C1=CC[C@@H]3[C@@]4(C)CCC(=O)C(C)(C)[C@@H]4CC[C@@]3(C)[C@]1(C)CC2. The van der Waals surface area contributed by atoms with Gasteiger partial charge in [-0.15, -0.1) is 0 Å². The fourth-order valence-electron chi connectivity index (χ4n) is 10.7. The number of allylic oxidation sites excluding steroid dienone is 2. The van der Waals surface area contributed by atoms with E-state index in [1.807, 2.05) is 6.92 Å². The second-order valence-corrected chi connectivity index (χ2v) is 15.1. The van der Waals surface area contributed by atoms with Crippen molar-refractivity contribution in [1.29, 1.82) is 0 Å². The van der Waals surface area contributed by atoms with Gasteiger partial charge in [0.05, 0.1) is 0 Å². The Morgan fingerprint density at radius 1 is 0.879 bits per heavy atom. The number of fused-ring (bicyclic) bond motifs is 7. The number of hydrogen-bond donors (Lipinski definition) is 0. The molecule has 0 saturated heterocycles. The largest absolute Gasteiger partial charge is 0.299 e. The zero-order valence-corrected chi connectivity index (χ0v) is 22.7. The second kappa shape index (κ2) is 6.85. The maximum Gasteiger partial charge on any atom is 0.138 e. The third-order valence-corrected chi connectivity index (χ3v) is 13.1. The zero-order valence-electron chi connectivity index (χ0n) is 22.7. The Bertz CT molecular complexity index is 923. The molecule has 0 heterocycles. The molecule has 7 atom stereocenters. The highest BCUT2D eigenvalue weighted by Gasteiger charge is 2.68. The van der Waals surface area contributed by atoms with Crippen molar-refractivity contribution in [1.82, 2.24) is 0 Å². The molecular weight excluding hydrogens is 404 g/mol. The quantitative estimate of drug-likeness (QED) is 0.378. The summed E-state index contributed by atoms with van der Waals surface area (Å²) in [6.45, 7) is 18.9. The third kappa shape index (κ3) is 2.85. The van der Waals surface area contributed by atoms with E-state index < -0.39 is 0 Å². The van der Waals surface area contributed by atoms with Crippen LogP contribution in [0.5, 0.6) is 0 Å². The molecule has 0 amide bonds. The lowest BCUT2D eigenvalue weighted by atomic mass is 9.33. The molecule has 0 spiro atoms. The lowest BCUT2D eigenvalue weighted by Crippen LogP contribution is -2.64. The Hall–Kier alpha value is -0.920. The summed E-state index contributed by atoms with van der Waals surface area (Å²) in [5.41, 5.74) is 2.32. The van der Waals surface area contributed by atoms with Crippen molar-refractivity contribution in [2.45, 2.75) is 120 Å². The number of ketones is 2. The van der Waals surface area contributed by atoms with E-state index >= 15 is 0 Å². The molecule has 0 N–H and O–H groups in total. The van der Waals surface area contributed by atoms with E-state index in [2.05, 4.69) is 54.5 Å². The van der Waals surface area contributed by atoms with Crippen LogP contribution in [-0.4, -0.2) is 11.6 Å². The highest BCUT2D eigenvalue weighted by atomic mass is 16.1. The average Bonchev–Trinajstić information content (AvgIpc) is 2.71. The maximum absolute atomic E-state index is 13.2. The number of Topliss-reactive ketones (excluding diaryl/α,β-unsaturated/α-hetero) is 2. The molecule has 0 aliphatic heterocycles. The summed E-state index contributed by atoms with van der Waals surface area (Å²) in [4.78, 5) is 26.1. The van der Waals surface area contributed by atoms with E-state index in [1.165, 1.54) is 19.3 Å². The van der Waals surface area contributed by atoms with Crippen LogP contribution in [0.1, 0.15) is 120 Å². The standard InChI is InChI=1S/C31H48O2/c1-20(32)31-17-15-26(2,3)19-22(31)21-9-10-24-28(6)13-12-25(33)27(4,5)23(28)11-14-30(24,8)29(21,7)16-18-31/h9,22-24H,10-19H2,1-8H3/t22-,23-,24+,28-,29+,30+,31+/m0/s1. The normalized spacial score (nSPS) is 50.2.